The highest BCUT2D eigenvalue weighted by Crippen LogP contribution is 2.22. The zero-order chi connectivity index (χ0) is 15.2. The number of aryl methyl sites for hydroxylation is 1. The van der Waals surface area contributed by atoms with Crippen molar-refractivity contribution < 1.29 is 33.3 Å². The van der Waals surface area contributed by atoms with Gasteiger partial charge in [-0.25, -0.2) is 23.1 Å². The fourth-order valence-electron chi connectivity index (χ4n) is 1.38. The second kappa shape index (κ2) is 7.68. The van der Waals surface area contributed by atoms with Gasteiger partial charge in [0.1, 0.15) is 0 Å². The Morgan fingerprint density at radius 3 is 1.95 bits per heavy atom. The average molecular weight is 364 g/mol. The molecule has 20 heavy (non-hydrogen) atoms. The normalized spacial score (nSPS) is 10.7. The van der Waals surface area contributed by atoms with E-state index in [9.17, 15) is 0 Å². The lowest BCUT2D eigenvalue weighted by molar-refractivity contribution is -2.00. The van der Waals surface area contributed by atoms with E-state index in [-0.39, 0.29) is 0 Å². The summed E-state index contributed by atoms with van der Waals surface area (Å²) in [5, 5.41) is 0. The van der Waals surface area contributed by atoms with Gasteiger partial charge in [-0.1, -0.05) is 22.9 Å². The first kappa shape index (κ1) is 17.0. The van der Waals surface area contributed by atoms with E-state index in [1.54, 1.807) is 0 Å². The van der Waals surface area contributed by atoms with Crippen LogP contribution in [0.1, 0.15) is 12.5 Å². The third-order valence-electron chi connectivity index (χ3n) is 2.32. The van der Waals surface area contributed by atoms with Crippen LogP contribution in [0.5, 0.6) is 0 Å². The zero-order valence-electron chi connectivity index (χ0n) is 10.5. The number of hydrogen-bond acceptors (Lipinski definition) is 4. The average Bonchev–Trinajstić information content (AvgIpc) is 2.38. The van der Waals surface area contributed by atoms with Crippen LogP contribution in [0, 0.1) is 10.2 Å². The Kier molecular flexibility index (Phi) is 6.54. The van der Waals surface area contributed by atoms with Gasteiger partial charge in [-0.05, 0) is 36.8 Å². The number of hydrogen-bond donors (Lipinski definition) is 0. The van der Waals surface area contributed by atoms with E-state index in [2.05, 4.69) is 28.9 Å². The predicted octanol–water partition coefficient (Wildman–Crippen LogP) is -0.203. The summed E-state index contributed by atoms with van der Waals surface area (Å²) in [5.41, 5.74) is 2.32. The molecule has 0 saturated heterocycles. The lowest BCUT2D eigenvalue weighted by atomic mass is 10.1. The topological polar surface area (TPSA) is 104 Å². The molecule has 0 fully saturated rings. The van der Waals surface area contributed by atoms with Crippen LogP contribution in [0.3, 0.4) is 0 Å². The molecule has 0 N–H and O–H groups in total. The molecule has 0 radical (unpaired) electrons. The van der Waals surface area contributed by atoms with Gasteiger partial charge < -0.3 is 0 Å². The largest absolute Gasteiger partial charge is 0.359 e. The highest BCUT2D eigenvalue weighted by Gasteiger charge is 2.10. The smallest absolute Gasteiger partial charge is 0.222 e. The molecule has 2 rings (SSSR count). The molecule has 7 heteroatoms. The minimum atomic E-state index is -4.94. The van der Waals surface area contributed by atoms with E-state index in [0.29, 0.717) is 0 Å². The molecule has 5 nitrogen and oxygen atoms in total. The van der Waals surface area contributed by atoms with E-state index in [1.165, 1.54) is 5.56 Å². The Morgan fingerprint density at radius 2 is 1.55 bits per heavy atom. The van der Waals surface area contributed by atoms with Crippen LogP contribution >= 0.6 is 15.9 Å². The first-order valence-electron chi connectivity index (χ1n) is 5.58. The molecule has 1 heterocycles. The summed E-state index contributed by atoms with van der Waals surface area (Å²) in [7, 11) is -4.94. The summed E-state index contributed by atoms with van der Waals surface area (Å²) in [6.45, 7) is 2.12. The molecule has 1 aromatic heterocycles. The molecule has 0 aliphatic carbocycles. The third kappa shape index (κ3) is 6.95. The van der Waals surface area contributed by atoms with Crippen LogP contribution in [-0.4, -0.2) is 0 Å². The summed E-state index contributed by atoms with van der Waals surface area (Å²) >= 11 is 3.41. The second-order valence-corrected chi connectivity index (χ2v) is 5.42. The van der Waals surface area contributed by atoms with E-state index in [0.717, 1.165) is 22.2 Å². The molecule has 0 atom stereocenters. The van der Waals surface area contributed by atoms with Crippen LogP contribution in [-0.2, 0) is 6.42 Å². The van der Waals surface area contributed by atoms with Gasteiger partial charge in [0.25, 0.3) is 0 Å². The van der Waals surface area contributed by atoms with Crippen molar-refractivity contribution >= 4 is 15.9 Å². The lowest BCUT2D eigenvalue weighted by Gasteiger charge is -2.17. The van der Waals surface area contributed by atoms with Crippen molar-refractivity contribution in [1.82, 2.24) is 0 Å². The number of rotatable bonds is 2. The minimum absolute atomic E-state index is 0.903. The Bertz CT molecular complexity index is 516. The van der Waals surface area contributed by atoms with Crippen LogP contribution in [0.25, 0.3) is 11.3 Å². The maximum Gasteiger partial charge on any atom is 0.359 e. The molecule has 0 aliphatic rings. The molecule has 2 aromatic rings. The molecule has 0 bridgehead atoms. The van der Waals surface area contributed by atoms with Crippen molar-refractivity contribution in [1.29, 1.82) is 0 Å². The minimum Gasteiger partial charge on any atom is -0.222 e. The first-order chi connectivity index (χ1) is 9.29. The quantitative estimate of drug-likeness (QED) is 0.687. The highest BCUT2D eigenvalue weighted by molar-refractivity contribution is 9.10. The van der Waals surface area contributed by atoms with Gasteiger partial charge in [0.05, 0.1) is 5.56 Å². The van der Waals surface area contributed by atoms with Gasteiger partial charge in [-0.3, -0.25) is 0 Å². The molecule has 0 saturated carbocycles. The zero-order valence-corrected chi connectivity index (χ0v) is 12.9. The molecule has 108 valence electrons. The van der Waals surface area contributed by atoms with E-state index in [1.807, 2.05) is 36.6 Å². The number of benzene rings is 1. The fraction of sp³-hybridized carbons (Fsp3) is 0.154. The summed E-state index contributed by atoms with van der Waals surface area (Å²) in [6.07, 6.45) is 2.82. The molecule has 0 unspecified atom stereocenters. The van der Waals surface area contributed by atoms with E-state index in [4.69, 9.17) is 23.1 Å². The van der Waals surface area contributed by atoms with Crippen LogP contribution in [0.15, 0.2) is 51.6 Å². The summed E-state index contributed by atoms with van der Waals surface area (Å²) in [4.78, 5) is 0. The van der Waals surface area contributed by atoms with Crippen molar-refractivity contribution in [3.05, 3.63) is 52.7 Å². The summed E-state index contributed by atoms with van der Waals surface area (Å²) in [6, 6.07) is 12.2. The van der Waals surface area contributed by atoms with Gasteiger partial charge in [0.2, 0.25) is 0 Å². The van der Waals surface area contributed by atoms with Crippen molar-refractivity contribution in [3.8, 4) is 11.3 Å². The van der Waals surface area contributed by atoms with E-state index >= 15 is 0 Å². The highest BCUT2D eigenvalue weighted by atomic mass is 79.9. The predicted molar refractivity (Wildman–Crippen MR) is 65.6 cm³/mol. The molecule has 0 spiro atoms. The van der Waals surface area contributed by atoms with Crippen molar-refractivity contribution in [2.24, 2.45) is 0 Å². The molecule has 0 amide bonds. The first-order valence-corrected chi connectivity index (χ1v) is 7.60. The summed E-state index contributed by atoms with van der Waals surface area (Å²) < 4.78 is 40.6. The van der Waals surface area contributed by atoms with Gasteiger partial charge in [0.15, 0.2) is 0 Å². The SMILES string of the molecule is CCc1ccc(-c2ccc(Br)cc2)[o+]c1.[O-][Cl+3]([O-])([O-])[O-]. The fourth-order valence-corrected chi connectivity index (χ4v) is 1.64. The van der Waals surface area contributed by atoms with Crippen molar-refractivity contribution in [2.45, 2.75) is 13.3 Å². The Balaban J connectivity index is 0.000000347. The monoisotopic (exact) mass is 362 g/mol. The van der Waals surface area contributed by atoms with Crippen molar-refractivity contribution in [3.63, 3.8) is 0 Å². The van der Waals surface area contributed by atoms with Crippen LogP contribution in [0.4, 0.5) is 0 Å². The maximum absolute atomic E-state index is 8.49. The maximum atomic E-state index is 8.49. The number of halogens is 2. The van der Waals surface area contributed by atoms with Crippen molar-refractivity contribution in [2.75, 3.05) is 0 Å². The Hall–Kier alpha value is -1.02. The third-order valence-corrected chi connectivity index (χ3v) is 2.85. The van der Waals surface area contributed by atoms with Crippen LogP contribution in [0.2, 0.25) is 0 Å². The Labute approximate surface area is 127 Å². The van der Waals surface area contributed by atoms with Gasteiger partial charge >= 0.3 is 12.0 Å². The standard InChI is InChI=1S/C13H12BrO.ClHO4/c1-2-10-3-8-13(15-9-10)11-4-6-12(14)7-5-11;2-1(3,4)5/h3-9H,2H2,1H3;(H,2,3,4,5)/q+1;/p-1. The van der Waals surface area contributed by atoms with E-state index < -0.39 is 10.2 Å². The molecular weight excluding hydrogens is 351 g/mol. The molecular formula is C13H12BrClO5. The van der Waals surface area contributed by atoms with Crippen LogP contribution < -0.4 is 18.6 Å². The van der Waals surface area contributed by atoms with Gasteiger partial charge in [0, 0.05) is 16.1 Å². The molecule has 0 aliphatic heterocycles. The molecule has 1 aromatic carbocycles. The Morgan fingerprint density at radius 1 is 1.00 bits per heavy atom. The van der Waals surface area contributed by atoms with Gasteiger partial charge in [-0.15, -0.1) is 10.2 Å². The summed E-state index contributed by atoms with van der Waals surface area (Å²) in [5.74, 6) is 0.903. The van der Waals surface area contributed by atoms with Gasteiger partial charge in [-0.2, -0.15) is 0 Å². The lowest BCUT2D eigenvalue weighted by Crippen LogP contribution is -2.68. The second-order valence-electron chi connectivity index (χ2n) is 3.75.